The molecule has 2 rings (SSSR count). The largest absolute Gasteiger partial charge is 0.309 e. The van der Waals surface area contributed by atoms with Gasteiger partial charge in [-0.2, -0.15) is 0 Å². The number of hydrogen-bond acceptors (Lipinski definition) is 2. The summed E-state index contributed by atoms with van der Waals surface area (Å²) in [5.41, 5.74) is 0.805. The van der Waals surface area contributed by atoms with Crippen molar-refractivity contribution in [2.75, 3.05) is 26.2 Å². The Morgan fingerprint density at radius 2 is 2.00 bits per heavy atom. The van der Waals surface area contributed by atoms with Gasteiger partial charge in [0.25, 0.3) is 0 Å². The summed E-state index contributed by atoms with van der Waals surface area (Å²) in [6.45, 7) is 8.59. The standard InChI is InChI=1S/C17H27FN2/c1-3-10-19-17(15-6-4-5-7-16(15)18)13-20-11-8-14(2)9-12-20/h4-7,14,17,19H,3,8-13H2,1-2H3. The molecule has 1 saturated heterocycles. The average molecular weight is 278 g/mol. The lowest BCUT2D eigenvalue weighted by Crippen LogP contribution is -2.40. The Kier molecular flexibility index (Phi) is 5.99. The molecule has 2 nitrogen and oxygen atoms in total. The predicted octanol–water partition coefficient (Wildman–Crippen LogP) is 3.60. The second-order valence-corrected chi connectivity index (χ2v) is 6.01. The number of benzene rings is 1. The second kappa shape index (κ2) is 7.75. The number of likely N-dealkylation sites (tertiary alicyclic amines) is 1. The van der Waals surface area contributed by atoms with E-state index in [1.807, 2.05) is 12.1 Å². The van der Waals surface area contributed by atoms with Crippen LogP contribution in [0.3, 0.4) is 0 Å². The molecule has 0 amide bonds. The van der Waals surface area contributed by atoms with Crippen LogP contribution in [0.25, 0.3) is 0 Å². The molecule has 112 valence electrons. The normalized spacial score (nSPS) is 19.1. The van der Waals surface area contributed by atoms with Crippen LogP contribution in [0.15, 0.2) is 24.3 Å². The van der Waals surface area contributed by atoms with Crippen molar-refractivity contribution in [2.45, 2.75) is 39.2 Å². The fourth-order valence-corrected chi connectivity index (χ4v) is 2.85. The van der Waals surface area contributed by atoms with Crippen LogP contribution in [0.5, 0.6) is 0 Å². The first kappa shape index (κ1) is 15.5. The molecule has 1 aromatic carbocycles. The zero-order chi connectivity index (χ0) is 14.4. The highest BCUT2D eigenvalue weighted by molar-refractivity contribution is 5.21. The molecular formula is C17H27FN2. The Morgan fingerprint density at radius 1 is 1.30 bits per heavy atom. The van der Waals surface area contributed by atoms with Gasteiger partial charge >= 0.3 is 0 Å². The fraction of sp³-hybridized carbons (Fsp3) is 0.647. The van der Waals surface area contributed by atoms with Crippen molar-refractivity contribution in [2.24, 2.45) is 5.92 Å². The number of hydrogen-bond donors (Lipinski definition) is 1. The molecule has 1 aliphatic rings. The second-order valence-electron chi connectivity index (χ2n) is 6.01. The summed E-state index contributed by atoms with van der Waals surface area (Å²) in [7, 11) is 0. The highest BCUT2D eigenvalue weighted by Gasteiger charge is 2.21. The number of halogens is 1. The molecule has 0 bridgehead atoms. The van der Waals surface area contributed by atoms with Gasteiger partial charge in [-0.15, -0.1) is 0 Å². The number of piperidine rings is 1. The van der Waals surface area contributed by atoms with E-state index in [0.29, 0.717) is 0 Å². The summed E-state index contributed by atoms with van der Waals surface area (Å²) >= 11 is 0. The molecule has 1 heterocycles. The molecule has 0 aliphatic carbocycles. The lowest BCUT2D eigenvalue weighted by Gasteiger charge is -2.33. The third-order valence-electron chi connectivity index (χ3n) is 4.24. The summed E-state index contributed by atoms with van der Waals surface area (Å²) in [4.78, 5) is 2.47. The molecule has 1 atom stereocenters. The van der Waals surface area contributed by atoms with E-state index in [1.54, 1.807) is 12.1 Å². The Morgan fingerprint density at radius 3 is 2.65 bits per heavy atom. The summed E-state index contributed by atoms with van der Waals surface area (Å²) in [6.07, 6.45) is 3.59. The van der Waals surface area contributed by atoms with E-state index in [1.165, 1.54) is 12.8 Å². The van der Waals surface area contributed by atoms with Gasteiger partial charge in [0.2, 0.25) is 0 Å². The molecular weight excluding hydrogens is 251 g/mol. The smallest absolute Gasteiger partial charge is 0.128 e. The molecule has 0 spiro atoms. The van der Waals surface area contributed by atoms with E-state index in [4.69, 9.17) is 0 Å². The van der Waals surface area contributed by atoms with Crippen LogP contribution >= 0.6 is 0 Å². The van der Waals surface area contributed by atoms with Crippen molar-refractivity contribution in [1.29, 1.82) is 0 Å². The van der Waals surface area contributed by atoms with Gasteiger partial charge in [0, 0.05) is 18.2 Å². The van der Waals surface area contributed by atoms with E-state index >= 15 is 0 Å². The van der Waals surface area contributed by atoms with Crippen LogP contribution in [0, 0.1) is 11.7 Å². The number of rotatable bonds is 6. The molecule has 1 N–H and O–H groups in total. The van der Waals surface area contributed by atoms with Gasteiger partial charge in [-0.1, -0.05) is 32.0 Å². The zero-order valence-electron chi connectivity index (χ0n) is 12.7. The van der Waals surface area contributed by atoms with E-state index < -0.39 is 0 Å². The number of nitrogens with one attached hydrogen (secondary N) is 1. The third kappa shape index (κ3) is 4.29. The van der Waals surface area contributed by atoms with Crippen molar-refractivity contribution in [3.63, 3.8) is 0 Å². The van der Waals surface area contributed by atoms with Crippen LogP contribution in [0.2, 0.25) is 0 Å². The van der Waals surface area contributed by atoms with E-state index in [0.717, 1.165) is 44.1 Å². The lowest BCUT2D eigenvalue weighted by molar-refractivity contribution is 0.174. The fourth-order valence-electron chi connectivity index (χ4n) is 2.85. The minimum Gasteiger partial charge on any atom is -0.309 e. The molecule has 20 heavy (non-hydrogen) atoms. The van der Waals surface area contributed by atoms with Gasteiger partial charge in [0.15, 0.2) is 0 Å². The summed E-state index contributed by atoms with van der Waals surface area (Å²) in [6, 6.07) is 7.27. The van der Waals surface area contributed by atoms with Gasteiger partial charge in [-0.3, -0.25) is 0 Å². The summed E-state index contributed by atoms with van der Waals surface area (Å²) in [5, 5.41) is 3.50. The molecule has 1 unspecified atom stereocenters. The van der Waals surface area contributed by atoms with Crippen molar-refractivity contribution in [1.82, 2.24) is 10.2 Å². The molecule has 0 radical (unpaired) electrons. The lowest BCUT2D eigenvalue weighted by atomic mass is 9.98. The molecule has 1 aromatic rings. The molecule has 0 saturated carbocycles. The maximum Gasteiger partial charge on any atom is 0.128 e. The van der Waals surface area contributed by atoms with Crippen molar-refractivity contribution >= 4 is 0 Å². The van der Waals surface area contributed by atoms with Crippen molar-refractivity contribution < 1.29 is 4.39 Å². The van der Waals surface area contributed by atoms with Crippen molar-refractivity contribution in [3.05, 3.63) is 35.6 Å². The third-order valence-corrected chi connectivity index (χ3v) is 4.24. The Bertz CT molecular complexity index is 400. The average Bonchev–Trinajstić information content (AvgIpc) is 2.46. The Hall–Kier alpha value is -0.930. The SMILES string of the molecule is CCCNC(CN1CCC(C)CC1)c1ccccc1F. The predicted molar refractivity (Wildman–Crippen MR) is 82.3 cm³/mol. The van der Waals surface area contributed by atoms with E-state index in [2.05, 4.69) is 24.1 Å². The zero-order valence-corrected chi connectivity index (χ0v) is 12.7. The first-order valence-corrected chi connectivity index (χ1v) is 7.91. The minimum absolute atomic E-state index is 0.0912. The van der Waals surface area contributed by atoms with Gasteiger partial charge in [-0.25, -0.2) is 4.39 Å². The van der Waals surface area contributed by atoms with E-state index in [-0.39, 0.29) is 11.9 Å². The molecule has 0 aromatic heterocycles. The topological polar surface area (TPSA) is 15.3 Å². The van der Waals surface area contributed by atoms with Gasteiger partial charge < -0.3 is 10.2 Å². The molecule has 1 fully saturated rings. The van der Waals surface area contributed by atoms with Crippen LogP contribution in [-0.4, -0.2) is 31.1 Å². The van der Waals surface area contributed by atoms with Crippen LogP contribution < -0.4 is 5.32 Å². The van der Waals surface area contributed by atoms with Gasteiger partial charge in [0.1, 0.15) is 5.82 Å². The van der Waals surface area contributed by atoms with E-state index in [9.17, 15) is 4.39 Å². The van der Waals surface area contributed by atoms with Crippen LogP contribution in [0.4, 0.5) is 4.39 Å². The minimum atomic E-state index is -0.0912. The van der Waals surface area contributed by atoms with Gasteiger partial charge in [-0.05, 0) is 50.9 Å². The van der Waals surface area contributed by atoms with Crippen LogP contribution in [0.1, 0.15) is 44.7 Å². The highest BCUT2D eigenvalue weighted by Crippen LogP contribution is 2.22. The molecule has 1 aliphatic heterocycles. The maximum atomic E-state index is 14.0. The Labute approximate surface area is 122 Å². The first-order valence-electron chi connectivity index (χ1n) is 7.91. The first-order chi connectivity index (χ1) is 9.70. The summed E-state index contributed by atoms with van der Waals surface area (Å²) < 4.78 is 14.0. The van der Waals surface area contributed by atoms with Crippen molar-refractivity contribution in [3.8, 4) is 0 Å². The molecule has 3 heteroatoms. The quantitative estimate of drug-likeness (QED) is 0.855. The highest BCUT2D eigenvalue weighted by atomic mass is 19.1. The van der Waals surface area contributed by atoms with Gasteiger partial charge in [0.05, 0.1) is 0 Å². The van der Waals surface area contributed by atoms with Crippen LogP contribution in [-0.2, 0) is 0 Å². The Balaban J connectivity index is 2.02. The monoisotopic (exact) mass is 278 g/mol. The summed E-state index contributed by atoms with van der Waals surface area (Å²) in [5.74, 6) is 0.744. The number of nitrogens with zero attached hydrogens (tertiary/aromatic N) is 1. The maximum absolute atomic E-state index is 14.0.